The minimum atomic E-state index is -0.959. The molecule has 2 aromatic rings. The summed E-state index contributed by atoms with van der Waals surface area (Å²) < 4.78 is 0. The molecule has 0 aromatic heterocycles. The molecule has 25 heavy (non-hydrogen) atoms. The SMILES string of the molecule is NC(Cc1ccccc1)C(=O)O.O=C(O)C(Cc1ccccc1)NCl. The number of benzene rings is 2. The highest BCUT2D eigenvalue weighted by Crippen LogP contribution is 2.03. The van der Waals surface area contributed by atoms with Crippen LogP contribution in [0, 0.1) is 0 Å². The number of hydrogen-bond acceptors (Lipinski definition) is 4. The van der Waals surface area contributed by atoms with Gasteiger partial charge in [0.15, 0.2) is 0 Å². The summed E-state index contributed by atoms with van der Waals surface area (Å²) in [5.41, 5.74) is 7.25. The van der Waals surface area contributed by atoms with Crippen molar-refractivity contribution >= 4 is 23.7 Å². The lowest BCUT2D eigenvalue weighted by atomic mass is 10.1. The van der Waals surface area contributed by atoms with Crippen molar-refractivity contribution in [3.05, 3.63) is 71.8 Å². The number of halogens is 1. The molecule has 0 heterocycles. The van der Waals surface area contributed by atoms with E-state index in [0.717, 1.165) is 11.1 Å². The second-order valence-corrected chi connectivity index (χ2v) is 5.54. The van der Waals surface area contributed by atoms with Crippen molar-refractivity contribution in [3.8, 4) is 0 Å². The lowest BCUT2D eigenvalue weighted by Gasteiger charge is -2.08. The Kier molecular flexibility index (Phi) is 9.24. The number of nitrogens with one attached hydrogen (secondary N) is 1. The summed E-state index contributed by atoms with van der Waals surface area (Å²) in [6, 6.07) is 17.2. The Morgan fingerprint density at radius 3 is 1.68 bits per heavy atom. The maximum atomic E-state index is 10.6. The molecule has 0 aliphatic carbocycles. The zero-order valence-corrected chi connectivity index (χ0v) is 14.3. The van der Waals surface area contributed by atoms with E-state index in [1.165, 1.54) is 0 Å². The summed E-state index contributed by atoms with van der Waals surface area (Å²) in [6.45, 7) is 0. The highest BCUT2D eigenvalue weighted by Gasteiger charge is 2.15. The van der Waals surface area contributed by atoms with Gasteiger partial charge in [0.25, 0.3) is 0 Å². The summed E-state index contributed by atoms with van der Waals surface area (Å²) in [6.07, 6.45) is 0.774. The summed E-state index contributed by atoms with van der Waals surface area (Å²) in [5.74, 6) is -1.90. The maximum Gasteiger partial charge on any atom is 0.322 e. The molecule has 2 unspecified atom stereocenters. The largest absolute Gasteiger partial charge is 0.480 e. The maximum absolute atomic E-state index is 10.6. The van der Waals surface area contributed by atoms with Crippen LogP contribution in [0.4, 0.5) is 0 Å². The Balaban J connectivity index is 0.000000251. The van der Waals surface area contributed by atoms with Gasteiger partial charge in [0.2, 0.25) is 0 Å². The first-order valence-corrected chi connectivity index (χ1v) is 7.97. The van der Waals surface area contributed by atoms with Crippen molar-refractivity contribution in [1.82, 2.24) is 4.84 Å². The molecule has 0 amide bonds. The van der Waals surface area contributed by atoms with Gasteiger partial charge in [0.1, 0.15) is 12.1 Å². The number of nitrogens with two attached hydrogens (primary N) is 1. The molecule has 134 valence electrons. The van der Waals surface area contributed by atoms with Crippen LogP contribution in [0.1, 0.15) is 11.1 Å². The van der Waals surface area contributed by atoms with E-state index in [2.05, 4.69) is 4.84 Å². The van der Waals surface area contributed by atoms with E-state index < -0.39 is 24.0 Å². The Hall–Kier alpha value is -2.41. The van der Waals surface area contributed by atoms with E-state index in [1.54, 1.807) is 0 Å². The lowest BCUT2D eigenvalue weighted by molar-refractivity contribution is -0.139. The van der Waals surface area contributed by atoms with Crippen molar-refractivity contribution < 1.29 is 19.8 Å². The first kappa shape index (κ1) is 20.6. The third kappa shape index (κ3) is 8.30. The Bertz CT molecular complexity index is 653. The van der Waals surface area contributed by atoms with Crippen LogP contribution in [0.15, 0.2) is 60.7 Å². The summed E-state index contributed by atoms with van der Waals surface area (Å²) >= 11 is 5.28. The summed E-state index contributed by atoms with van der Waals surface area (Å²) in [7, 11) is 0. The topological polar surface area (TPSA) is 113 Å². The molecule has 2 rings (SSSR count). The summed E-state index contributed by atoms with van der Waals surface area (Å²) in [5, 5.41) is 17.2. The zero-order valence-electron chi connectivity index (χ0n) is 13.5. The molecule has 0 aliphatic heterocycles. The molecule has 6 nitrogen and oxygen atoms in total. The predicted octanol–water partition coefficient (Wildman–Crippen LogP) is 2.07. The molecule has 0 spiro atoms. The first-order valence-electron chi connectivity index (χ1n) is 7.59. The van der Waals surface area contributed by atoms with E-state index in [-0.39, 0.29) is 0 Å². The molecule has 2 aromatic carbocycles. The molecule has 2 atom stereocenters. The fraction of sp³-hybridized carbons (Fsp3) is 0.222. The van der Waals surface area contributed by atoms with Crippen LogP contribution in [-0.4, -0.2) is 34.2 Å². The standard InChI is InChI=1S/C9H10ClNO2.C9H11NO2/c10-11-8(9(12)13)6-7-4-2-1-3-5-7;10-8(9(11)12)6-7-4-2-1-3-5-7/h1-5,8,11H,6H2,(H,12,13);1-5,8H,6,10H2,(H,11,12). The lowest BCUT2D eigenvalue weighted by Crippen LogP contribution is -2.32. The van der Waals surface area contributed by atoms with Crippen LogP contribution in [-0.2, 0) is 22.4 Å². The van der Waals surface area contributed by atoms with Gasteiger partial charge >= 0.3 is 11.9 Å². The average Bonchev–Trinajstić information content (AvgIpc) is 2.61. The zero-order chi connectivity index (χ0) is 18.7. The molecular weight excluding hydrogens is 344 g/mol. The smallest absolute Gasteiger partial charge is 0.322 e. The van der Waals surface area contributed by atoms with Gasteiger partial charge in [-0.2, -0.15) is 0 Å². The van der Waals surface area contributed by atoms with Crippen molar-refractivity contribution in [3.63, 3.8) is 0 Å². The highest BCUT2D eigenvalue weighted by atomic mass is 35.5. The third-order valence-electron chi connectivity index (χ3n) is 3.33. The summed E-state index contributed by atoms with van der Waals surface area (Å²) in [4.78, 5) is 23.2. The minimum absolute atomic E-state index is 0.385. The van der Waals surface area contributed by atoms with Crippen LogP contribution >= 0.6 is 11.8 Å². The number of aliphatic carboxylic acids is 2. The number of hydrogen-bond donors (Lipinski definition) is 4. The van der Waals surface area contributed by atoms with Crippen LogP contribution in [0.25, 0.3) is 0 Å². The van der Waals surface area contributed by atoms with Crippen molar-refractivity contribution in [2.45, 2.75) is 24.9 Å². The molecule has 0 saturated carbocycles. The van der Waals surface area contributed by atoms with E-state index in [4.69, 9.17) is 27.7 Å². The molecule has 0 saturated heterocycles. The molecule has 7 heteroatoms. The van der Waals surface area contributed by atoms with Gasteiger partial charge in [-0.15, -0.1) is 0 Å². The minimum Gasteiger partial charge on any atom is -0.480 e. The number of rotatable bonds is 7. The van der Waals surface area contributed by atoms with E-state index in [9.17, 15) is 9.59 Å². The van der Waals surface area contributed by atoms with E-state index in [0.29, 0.717) is 12.8 Å². The normalized spacial score (nSPS) is 12.4. The average molecular weight is 365 g/mol. The van der Waals surface area contributed by atoms with Crippen molar-refractivity contribution in [1.29, 1.82) is 0 Å². The molecule has 0 radical (unpaired) electrons. The monoisotopic (exact) mass is 364 g/mol. The third-order valence-corrected chi connectivity index (χ3v) is 3.59. The second-order valence-electron chi connectivity index (χ2n) is 5.32. The van der Waals surface area contributed by atoms with Gasteiger partial charge in [-0.1, -0.05) is 60.7 Å². The van der Waals surface area contributed by atoms with Crippen molar-refractivity contribution in [2.24, 2.45) is 5.73 Å². The van der Waals surface area contributed by atoms with Gasteiger partial charge in [0, 0.05) is 0 Å². The van der Waals surface area contributed by atoms with Gasteiger partial charge in [-0.05, 0) is 35.7 Å². The van der Waals surface area contributed by atoms with Crippen LogP contribution in [0.3, 0.4) is 0 Å². The number of carboxylic acid groups (broad SMARTS) is 2. The Morgan fingerprint density at radius 2 is 1.32 bits per heavy atom. The molecular formula is C18H21ClN2O4. The van der Waals surface area contributed by atoms with Crippen LogP contribution in [0.5, 0.6) is 0 Å². The number of carbonyl (C=O) groups is 2. The second kappa shape index (κ2) is 11.2. The quantitative estimate of drug-likeness (QED) is 0.559. The fourth-order valence-electron chi connectivity index (χ4n) is 1.98. The Labute approximate surface area is 151 Å². The molecule has 5 N–H and O–H groups in total. The number of carboxylic acids is 2. The molecule has 0 fully saturated rings. The van der Waals surface area contributed by atoms with Crippen LogP contribution in [0.2, 0.25) is 0 Å². The van der Waals surface area contributed by atoms with Gasteiger partial charge in [-0.25, -0.2) is 4.84 Å². The Morgan fingerprint density at radius 1 is 0.880 bits per heavy atom. The molecule has 0 aliphatic rings. The van der Waals surface area contributed by atoms with Gasteiger partial charge in [0.05, 0.1) is 0 Å². The van der Waals surface area contributed by atoms with Crippen LogP contribution < -0.4 is 10.6 Å². The fourth-order valence-corrected chi connectivity index (χ4v) is 2.15. The van der Waals surface area contributed by atoms with Gasteiger partial charge in [-0.3, -0.25) is 9.59 Å². The van der Waals surface area contributed by atoms with E-state index in [1.807, 2.05) is 60.7 Å². The van der Waals surface area contributed by atoms with Crippen molar-refractivity contribution in [2.75, 3.05) is 0 Å². The highest BCUT2D eigenvalue weighted by molar-refractivity contribution is 6.14. The predicted molar refractivity (Wildman–Crippen MR) is 96.3 cm³/mol. The van der Waals surface area contributed by atoms with E-state index >= 15 is 0 Å². The molecule has 0 bridgehead atoms. The first-order chi connectivity index (χ1) is 11.9. The van der Waals surface area contributed by atoms with Gasteiger partial charge < -0.3 is 15.9 Å².